The maximum absolute atomic E-state index is 12.9. The predicted molar refractivity (Wildman–Crippen MR) is 88.9 cm³/mol. The van der Waals surface area contributed by atoms with Gasteiger partial charge in [0.1, 0.15) is 12.1 Å². The van der Waals surface area contributed by atoms with Crippen molar-refractivity contribution in [1.82, 2.24) is 10.2 Å². The molecule has 142 valence electrons. The van der Waals surface area contributed by atoms with Crippen molar-refractivity contribution < 1.29 is 27.9 Å². The molecule has 2 rings (SSSR count). The van der Waals surface area contributed by atoms with Gasteiger partial charge in [0.05, 0.1) is 0 Å². The van der Waals surface area contributed by atoms with Crippen LogP contribution in [0, 0.1) is 22.7 Å². The highest BCUT2D eigenvalue weighted by molar-refractivity contribution is 7.80. The van der Waals surface area contributed by atoms with E-state index in [2.05, 4.69) is 17.5 Å². The highest BCUT2D eigenvalue weighted by Crippen LogP contribution is 2.65. The zero-order chi connectivity index (χ0) is 19.5. The summed E-state index contributed by atoms with van der Waals surface area (Å²) in [7, 11) is 0. The van der Waals surface area contributed by atoms with E-state index in [0.29, 0.717) is 0 Å². The van der Waals surface area contributed by atoms with Gasteiger partial charge in [0.15, 0.2) is 4.99 Å². The minimum atomic E-state index is -4.75. The molecule has 1 saturated heterocycles. The Hall–Kier alpha value is -1.38. The Morgan fingerprint density at radius 3 is 2.20 bits per heavy atom. The molecule has 0 radical (unpaired) electrons. The van der Waals surface area contributed by atoms with Gasteiger partial charge in [-0.2, -0.15) is 13.2 Å². The SMILES string of the molecule is CC(C)(C)[C@H](NC(=S)C(F)(F)F)C(=O)N1C[C@H]2[C@@H]([C@H]1C(=O)O)C2(C)C. The number of likely N-dealkylation sites (tertiary alicyclic amines) is 1. The van der Waals surface area contributed by atoms with Crippen LogP contribution in [0.25, 0.3) is 0 Å². The number of rotatable bonds is 3. The van der Waals surface area contributed by atoms with Crippen molar-refractivity contribution in [1.29, 1.82) is 0 Å². The highest BCUT2D eigenvalue weighted by atomic mass is 32.1. The lowest BCUT2D eigenvalue weighted by molar-refractivity contribution is -0.152. The number of carboxylic acid groups (broad SMARTS) is 1. The van der Waals surface area contributed by atoms with E-state index in [0.717, 1.165) is 0 Å². The molecule has 0 bridgehead atoms. The minimum absolute atomic E-state index is 0.0488. The molecule has 1 heterocycles. The summed E-state index contributed by atoms with van der Waals surface area (Å²) in [6.45, 7) is 8.95. The summed E-state index contributed by atoms with van der Waals surface area (Å²) in [5, 5.41) is 11.6. The van der Waals surface area contributed by atoms with Gasteiger partial charge in [-0.15, -0.1) is 0 Å². The first-order valence-corrected chi connectivity index (χ1v) is 8.42. The van der Waals surface area contributed by atoms with Crippen LogP contribution < -0.4 is 5.32 Å². The van der Waals surface area contributed by atoms with E-state index in [4.69, 9.17) is 0 Å². The van der Waals surface area contributed by atoms with Crippen LogP contribution in [-0.2, 0) is 9.59 Å². The molecule has 2 aliphatic rings. The van der Waals surface area contributed by atoms with Crippen LogP contribution in [0.4, 0.5) is 13.2 Å². The smallest absolute Gasteiger partial charge is 0.441 e. The molecular weight excluding hydrogens is 357 g/mol. The molecule has 1 amide bonds. The molecule has 1 aliphatic carbocycles. The number of amides is 1. The summed E-state index contributed by atoms with van der Waals surface area (Å²) in [4.78, 5) is 24.4. The third-order valence-electron chi connectivity index (χ3n) is 5.39. The maximum atomic E-state index is 12.9. The Morgan fingerprint density at radius 1 is 1.28 bits per heavy atom. The van der Waals surface area contributed by atoms with Gasteiger partial charge in [-0.1, -0.05) is 46.8 Å². The number of fused-ring (bicyclic) bond motifs is 1. The standard InChI is InChI=1S/C16H23F3N2O3S/c1-14(2,3)10(20-13(25)16(17,18)19)11(22)21-6-7-8(15(7,4)5)9(21)12(23)24/h7-10H,6H2,1-5H3,(H,20,25)(H,23,24)/t7-,8-,9-,10+/m0/s1. The Morgan fingerprint density at radius 2 is 1.80 bits per heavy atom. The number of carbonyl (C=O) groups is 2. The number of carbonyl (C=O) groups excluding carboxylic acids is 1. The van der Waals surface area contributed by atoms with Crippen molar-refractivity contribution >= 4 is 29.1 Å². The third-order valence-corrected chi connectivity index (χ3v) is 5.74. The van der Waals surface area contributed by atoms with Crippen molar-refractivity contribution in [3.8, 4) is 0 Å². The van der Waals surface area contributed by atoms with Crippen molar-refractivity contribution in [3.63, 3.8) is 0 Å². The first kappa shape index (κ1) is 19.9. The molecule has 0 aromatic rings. The first-order chi connectivity index (χ1) is 11.1. The molecule has 1 aliphatic heterocycles. The van der Waals surface area contributed by atoms with E-state index >= 15 is 0 Å². The molecule has 4 atom stereocenters. The second-order valence-electron chi connectivity index (χ2n) is 8.50. The molecule has 25 heavy (non-hydrogen) atoms. The number of hydrogen-bond acceptors (Lipinski definition) is 3. The zero-order valence-electron chi connectivity index (χ0n) is 14.8. The van der Waals surface area contributed by atoms with Crippen molar-refractivity contribution in [3.05, 3.63) is 0 Å². The molecule has 5 nitrogen and oxygen atoms in total. The van der Waals surface area contributed by atoms with Gasteiger partial charge < -0.3 is 15.3 Å². The van der Waals surface area contributed by atoms with Crippen LogP contribution >= 0.6 is 12.2 Å². The fourth-order valence-corrected chi connectivity index (χ4v) is 3.94. The third kappa shape index (κ3) is 3.47. The Kier molecular flexibility index (Phi) is 4.64. The van der Waals surface area contributed by atoms with Crippen LogP contribution in [0.5, 0.6) is 0 Å². The Balaban J connectivity index is 2.26. The maximum Gasteiger partial charge on any atom is 0.441 e. The summed E-state index contributed by atoms with van der Waals surface area (Å²) in [5.74, 6) is -1.91. The first-order valence-electron chi connectivity index (χ1n) is 8.01. The number of hydrogen-bond donors (Lipinski definition) is 2. The number of nitrogens with one attached hydrogen (secondary N) is 1. The minimum Gasteiger partial charge on any atom is -0.480 e. The number of carboxylic acids is 1. The second-order valence-corrected chi connectivity index (χ2v) is 8.91. The van der Waals surface area contributed by atoms with E-state index in [1.807, 2.05) is 13.8 Å². The molecule has 0 aromatic heterocycles. The number of alkyl halides is 3. The Labute approximate surface area is 149 Å². The van der Waals surface area contributed by atoms with Gasteiger partial charge in [-0.3, -0.25) is 4.79 Å². The molecule has 2 N–H and O–H groups in total. The number of halogens is 3. The van der Waals surface area contributed by atoms with Gasteiger partial charge in [0.2, 0.25) is 5.91 Å². The van der Waals surface area contributed by atoms with Gasteiger partial charge in [-0.05, 0) is 16.7 Å². The molecular formula is C16H23F3N2O3S. The van der Waals surface area contributed by atoms with Gasteiger partial charge in [-0.25, -0.2) is 4.79 Å². The van der Waals surface area contributed by atoms with Crippen LogP contribution in [-0.4, -0.2) is 51.7 Å². The molecule has 2 fully saturated rings. The number of aliphatic carboxylic acids is 1. The average Bonchev–Trinajstić information content (AvgIpc) is 2.82. The fraction of sp³-hybridized carbons (Fsp3) is 0.812. The van der Waals surface area contributed by atoms with Crippen LogP contribution in [0.2, 0.25) is 0 Å². The van der Waals surface area contributed by atoms with Crippen LogP contribution in [0.1, 0.15) is 34.6 Å². The summed E-state index contributed by atoms with van der Waals surface area (Å²) in [6, 6.07) is -2.28. The summed E-state index contributed by atoms with van der Waals surface area (Å²) >= 11 is 4.36. The molecule has 0 unspecified atom stereocenters. The lowest BCUT2D eigenvalue weighted by atomic mass is 9.85. The monoisotopic (exact) mass is 380 g/mol. The summed E-state index contributed by atoms with van der Waals surface area (Å²) < 4.78 is 38.4. The summed E-state index contributed by atoms with van der Waals surface area (Å²) in [5.41, 5.74) is -1.05. The van der Waals surface area contributed by atoms with E-state index in [-0.39, 0.29) is 23.8 Å². The molecule has 1 saturated carbocycles. The largest absolute Gasteiger partial charge is 0.480 e. The van der Waals surface area contributed by atoms with Crippen molar-refractivity contribution in [2.24, 2.45) is 22.7 Å². The topological polar surface area (TPSA) is 69.6 Å². The van der Waals surface area contributed by atoms with Crippen LogP contribution in [0.15, 0.2) is 0 Å². The number of nitrogens with zero attached hydrogens (tertiary/aromatic N) is 1. The quantitative estimate of drug-likeness (QED) is 0.736. The lowest BCUT2D eigenvalue weighted by Gasteiger charge is -2.37. The van der Waals surface area contributed by atoms with E-state index in [9.17, 15) is 27.9 Å². The molecule has 0 spiro atoms. The van der Waals surface area contributed by atoms with E-state index < -0.39 is 40.5 Å². The van der Waals surface area contributed by atoms with Gasteiger partial charge in [0, 0.05) is 12.5 Å². The average molecular weight is 380 g/mol. The Bertz CT molecular complexity index is 613. The number of piperidine rings is 1. The van der Waals surface area contributed by atoms with Crippen molar-refractivity contribution in [2.45, 2.75) is 52.9 Å². The summed E-state index contributed by atoms with van der Waals surface area (Å²) in [6.07, 6.45) is -4.75. The normalized spacial score (nSPS) is 29.0. The molecule has 0 aromatic carbocycles. The van der Waals surface area contributed by atoms with Crippen molar-refractivity contribution in [2.75, 3.05) is 6.54 Å². The fourth-order valence-electron chi connectivity index (χ4n) is 3.82. The van der Waals surface area contributed by atoms with E-state index in [1.165, 1.54) is 4.90 Å². The number of thiocarbonyl (C=S) groups is 1. The lowest BCUT2D eigenvalue weighted by Crippen LogP contribution is -2.59. The van der Waals surface area contributed by atoms with E-state index in [1.54, 1.807) is 20.8 Å². The zero-order valence-corrected chi connectivity index (χ0v) is 15.6. The predicted octanol–water partition coefficient (Wildman–Crippen LogP) is 2.45. The van der Waals surface area contributed by atoms with Gasteiger partial charge in [0.25, 0.3) is 0 Å². The molecule has 9 heteroatoms. The van der Waals surface area contributed by atoms with Gasteiger partial charge >= 0.3 is 12.1 Å². The highest BCUT2D eigenvalue weighted by Gasteiger charge is 2.70. The second kappa shape index (κ2) is 5.82. The van der Waals surface area contributed by atoms with Crippen LogP contribution in [0.3, 0.4) is 0 Å².